The van der Waals surface area contributed by atoms with E-state index in [9.17, 15) is 0 Å². The summed E-state index contributed by atoms with van der Waals surface area (Å²) in [6, 6.07) is 0. The van der Waals surface area contributed by atoms with Crippen LogP contribution in [0.4, 0.5) is 11.6 Å². The Balaban J connectivity index is 2.44. The van der Waals surface area contributed by atoms with Gasteiger partial charge in [-0.2, -0.15) is 0 Å². The van der Waals surface area contributed by atoms with E-state index in [1.165, 1.54) is 0 Å². The predicted molar refractivity (Wildman–Crippen MR) is 75.3 cm³/mol. The highest BCUT2D eigenvalue weighted by atomic mass is 15.2. The number of fused-ring (bicyclic) bond motifs is 1. The lowest BCUT2D eigenvalue weighted by atomic mass is 10.4. The third-order valence-electron chi connectivity index (χ3n) is 2.98. The van der Waals surface area contributed by atoms with Gasteiger partial charge in [0.2, 0.25) is 0 Å². The zero-order valence-electron chi connectivity index (χ0n) is 11.3. The van der Waals surface area contributed by atoms with Crippen molar-refractivity contribution in [3.05, 3.63) is 18.6 Å². The van der Waals surface area contributed by atoms with E-state index in [2.05, 4.69) is 41.0 Å². The maximum Gasteiger partial charge on any atom is 0.180 e. The zero-order valence-corrected chi connectivity index (χ0v) is 11.3. The standard InChI is InChI=1S/C13H21N5/c1-4-7-14-11-10-18-9-8-15-12(18)13(16-11)17(5-2)6-3/h8-10,14H,4-7H2,1-3H3. The Bertz CT molecular complexity index is 501. The van der Waals surface area contributed by atoms with E-state index in [0.717, 1.165) is 43.3 Å². The Morgan fingerprint density at radius 3 is 2.72 bits per heavy atom. The van der Waals surface area contributed by atoms with Crippen LogP contribution in [-0.4, -0.2) is 34.0 Å². The van der Waals surface area contributed by atoms with Crippen LogP contribution in [0.3, 0.4) is 0 Å². The van der Waals surface area contributed by atoms with E-state index in [4.69, 9.17) is 0 Å². The monoisotopic (exact) mass is 247 g/mol. The van der Waals surface area contributed by atoms with Gasteiger partial charge in [-0.25, -0.2) is 9.97 Å². The van der Waals surface area contributed by atoms with Crippen LogP contribution in [0.2, 0.25) is 0 Å². The summed E-state index contributed by atoms with van der Waals surface area (Å²) in [6.07, 6.45) is 6.85. The summed E-state index contributed by atoms with van der Waals surface area (Å²) in [5, 5.41) is 3.33. The maximum absolute atomic E-state index is 4.68. The molecule has 0 atom stereocenters. The van der Waals surface area contributed by atoms with Gasteiger partial charge in [0.05, 0.1) is 6.20 Å². The molecule has 0 fully saturated rings. The summed E-state index contributed by atoms with van der Waals surface area (Å²) in [5.41, 5.74) is 0.917. The normalized spacial score (nSPS) is 10.8. The third-order valence-corrected chi connectivity index (χ3v) is 2.98. The van der Waals surface area contributed by atoms with Gasteiger partial charge >= 0.3 is 0 Å². The second-order valence-electron chi connectivity index (χ2n) is 4.21. The Hall–Kier alpha value is -1.78. The molecule has 2 aromatic rings. The molecule has 2 heterocycles. The number of hydrogen-bond acceptors (Lipinski definition) is 4. The minimum Gasteiger partial charge on any atom is -0.369 e. The SMILES string of the molecule is CCCNc1cn2ccnc2c(N(CC)CC)n1. The smallest absolute Gasteiger partial charge is 0.180 e. The number of hydrogen-bond donors (Lipinski definition) is 1. The molecular weight excluding hydrogens is 226 g/mol. The van der Waals surface area contributed by atoms with Crippen molar-refractivity contribution in [1.29, 1.82) is 0 Å². The maximum atomic E-state index is 4.68. The van der Waals surface area contributed by atoms with Crippen LogP contribution >= 0.6 is 0 Å². The predicted octanol–water partition coefficient (Wildman–Crippen LogP) is 2.40. The highest BCUT2D eigenvalue weighted by Crippen LogP contribution is 2.20. The first kappa shape index (κ1) is 12.7. The molecular formula is C13H21N5. The van der Waals surface area contributed by atoms with Crippen molar-refractivity contribution in [1.82, 2.24) is 14.4 Å². The first-order valence-electron chi connectivity index (χ1n) is 6.62. The largest absolute Gasteiger partial charge is 0.369 e. The van der Waals surface area contributed by atoms with Crippen LogP contribution in [0.5, 0.6) is 0 Å². The first-order chi connectivity index (χ1) is 8.80. The minimum atomic E-state index is 0.907. The van der Waals surface area contributed by atoms with Crippen LogP contribution in [-0.2, 0) is 0 Å². The minimum absolute atomic E-state index is 0.907. The number of nitrogens with zero attached hydrogens (tertiary/aromatic N) is 4. The van der Waals surface area contributed by atoms with E-state index in [1.54, 1.807) is 0 Å². The van der Waals surface area contributed by atoms with Gasteiger partial charge in [-0.3, -0.25) is 0 Å². The second-order valence-corrected chi connectivity index (χ2v) is 4.21. The quantitative estimate of drug-likeness (QED) is 0.851. The Kier molecular flexibility index (Phi) is 4.02. The van der Waals surface area contributed by atoms with Gasteiger partial charge in [0.25, 0.3) is 0 Å². The molecule has 2 aromatic heterocycles. The summed E-state index contributed by atoms with van der Waals surface area (Å²) < 4.78 is 2.03. The molecule has 2 rings (SSSR count). The lowest BCUT2D eigenvalue weighted by Crippen LogP contribution is -2.24. The highest BCUT2D eigenvalue weighted by molar-refractivity contribution is 5.66. The van der Waals surface area contributed by atoms with E-state index < -0.39 is 0 Å². The van der Waals surface area contributed by atoms with Crippen LogP contribution in [0.1, 0.15) is 27.2 Å². The fourth-order valence-electron chi connectivity index (χ4n) is 1.99. The van der Waals surface area contributed by atoms with Crippen molar-refractivity contribution in [2.24, 2.45) is 0 Å². The lowest BCUT2D eigenvalue weighted by Gasteiger charge is -2.21. The molecule has 0 saturated carbocycles. The fraction of sp³-hybridized carbons (Fsp3) is 0.538. The van der Waals surface area contributed by atoms with Crippen molar-refractivity contribution in [2.75, 3.05) is 29.9 Å². The summed E-state index contributed by atoms with van der Waals surface area (Å²) >= 11 is 0. The molecule has 18 heavy (non-hydrogen) atoms. The highest BCUT2D eigenvalue weighted by Gasteiger charge is 2.12. The number of imidazole rings is 1. The Morgan fingerprint density at radius 1 is 1.28 bits per heavy atom. The zero-order chi connectivity index (χ0) is 13.0. The summed E-state index contributed by atoms with van der Waals surface area (Å²) in [4.78, 5) is 11.3. The van der Waals surface area contributed by atoms with E-state index >= 15 is 0 Å². The van der Waals surface area contributed by atoms with Crippen molar-refractivity contribution in [2.45, 2.75) is 27.2 Å². The number of nitrogens with one attached hydrogen (secondary N) is 1. The van der Waals surface area contributed by atoms with E-state index in [-0.39, 0.29) is 0 Å². The number of rotatable bonds is 6. The molecule has 0 aromatic carbocycles. The molecule has 0 amide bonds. The molecule has 0 saturated heterocycles. The van der Waals surface area contributed by atoms with E-state index in [1.807, 2.05) is 23.0 Å². The van der Waals surface area contributed by atoms with Gasteiger partial charge in [0.1, 0.15) is 5.82 Å². The summed E-state index contributed by atoms with van der Waals surface area (Å²) in [7, 11) is 0. The number of aromatic nitrogens is 3. The number of anilines is 2. The topological polar surface area (TPSA) is 45.5 Å². The van der Waals surface area contributed by atoms with Gasteiger partial charge in [-0.05, 0) is 20.3 Å². The molecule has 0 spiro atoms. The van der Waals surface area contributed by atoms with Crippen molar-refractivity contribution >= 4 is 17.3 Å². The summed E-state index contributed by atoms with van der Waals surface area (Å²) in [5.74, 6) is 1.86. The van der Waals surface area contributed by atoms with Gasteiger partial charge in [0, 0.05) is 32.0 Å². The molecule has 0 aliphatic heterocycles. The molecule has 0 unspecified atom stereocenters. The first-order valence-corrected chi connectivity index (χ1v) is 6.62. The average Bonchev–Trinajstić information content (AvgIpc) is 2.86. The van der Waals surface area contributed by atoms with Crippen molar-refractivity contribution in [3.8, 4) is 0 Å². The van der Waals surface area contributed by atoms with Crippen LogP contribution in [0, 0.1) is 0 Å². The molecule has 0 radical (unpaired) electrons. The summed E-state index contributed by atoms with van der Waals surface area (Å²) in [6.45, 7) is 9.22. The molecule has 98 valence electrons. The van der Waals surface area contributed by atoms with Crippen LogP contribution in [0.15, 0.2) is 18.6 Å². The van der Waals surface area contributed by atoms with Gasteiger partial charge in [-0.1, -0.05) is 6.92 Å². The molecule has 1 N–H and O–H groups in total. The Morgan fingerprint density at radius 2 is 2.06 bits per heavy atom. The Labute approximate surface area is 108 Å². The van der Waals surface area contributed by atoms with Gasteiger partial charge in [-0.15, -0.1) is 0 Å². The molecule has 0 aliphatic rings. The molecule has 5 nitrogen and oxygen atoms in total. The van der Waals surface area contributed by atoms with Crippen molar-refractivity contribution in [3.63, 3.8) is 0 Å². The third kappa shape index (κ3) is 2.39. The fourth-order valence-corrected chi connectivity index (χ4v) is 1.99. The van der Waals surface area contributed by atoms with Crippen molar-refractivity contribution < 1.29 is 0 Å². The molecule has 0 aliphatic carbocycles. The molecule has 5 heteroatoms. The van der Waals surface area contributed by atoms with Crippen LogP contribution in [0.25, 0.3) is 5.65 Å². The molecule has 0 bridgehead atoms. The van der Waals surface area contributed by atoms with Crippen LogP contribution < -0.4 is 10.2 Å². The lowest BCUT2D eigenvalue weighted by molar-refractivity contribution is 0.841. The van der Waals surface area contributed by atoms with Gasteiger partial charge < -0.3 is 14.6 Å². The van der Waals surface area contributed by atoms with Gasteiger partial charge in [0.15, 0.2) is 11.5 Å². The average molecular weight is 247 g/mol. The second kappa shape index (κ2) is 5.71. The van der Waals surface area contributed by atoms with E-state index in [0.29, 0.717) is 0 Å².